The van der Waals surface area contributed by atoms with Crippen LogP contribution in [-0.4, -0.2) is 7.11 Å². The Kier molecular flexibility index (Phi) is 5.14. The molecule has 1 aliphatic heterocycles. The fourth-order valence-corrected chi connectivity index (χ4v) is 44.4. The van der Waals surface area contributed by atoms with Crippen LogP contribution >= 0.6 is 30.9 Å². The Balaban J connectivity index is 1.81. The first kappa shape index (κ1) is 17.1. The number of hydrogen-bond acceptors (Lipinski definition) is 5. The highest BCUT2D eigenvalue weighted by atomic mass is 33.7. The van der Waals surface area contributed by atoms with Crippen molar-refractivity contribution in [2.75, 3.05) is 7.11 Å². The van der Waals surface area contributed by atoms with Gasteiger partial charge in [-0.25, -0.2) is 0 Å². The molecule has 116 valence electrons. The van der Waals surface area contributed by atoms with Gasteiger partial charge < -0.3 is 4.74 Å². The number of methoxy groups -OCH3 is 1. The van der Waals surface area contributed by atoms with Gasteiger partial charge in [-0.05, 0) is 36.2 Å². The Bertz CT molecular complexity index is 692. The zero-order valence-electron chi connectivity index (χ0n) is 12.3. The van der Waals surface area contributed by atoms with Gasteiger partial charge in [-0.2, -0.15) is 0 Å². The number of benzene rings is 2. The summed E-state index contributed by atoms with van der Waals surface area (Å²) in [5, 5.41) is 2.53. The third-order valence-electron chi connectivity index (χ3n) is 3.48. The van der Waals surface area contributed by atoms with E-state index in [1.165, 1.54) is 16.2 Å². The molecule has 0 aromatic heterocycles. The first-order chi connectivity index (χ1) is 10.5. The molecule has 0 aliphatic carbocycles. The van der Waals surface area contributed by atoms with Gasteiger partial charge in [0.25, 0.3) is 0 Å². The molecule has 0 radical (unpaired) electrons. The van der Waals surface area contributed by atoms with E-state index in [2.05, 4.69) is 43.3 Å². The second-order valence-corrected chi connectivity index (χ2v) is 26.2. The van der Waals surface area contributed by atoms with Gasteiger partial charge in [-0.15, -0.1) is 0 Å². The fourth-order valence-electron chi connectivity index (χ4n) is 2.16. The Morgan fingerprint density at radius 2 is 1.32 bits per heavy atom. The van der Waals surface area contributed by atoms with Crippen molar-refractivity contribution in [2.24, 2.45) is 0 Å². The molecule has 22 heavy (non-hydrogen) atoms. The summed E-state index contributed by atoms with van der Waals surface area (Å²) >= 11 is 15.7. The monoisotopic (exact) mass is 402 g/mol. The first-order valence-electron chi connectivity index (χ1n) is 6.86. The van der Waals surface area contributed by atoms with E-state index in [1.807, 2.05) is 34.1 Å². The summed E-state index contributed by atoms with van der Waals surface area (Å²) in [6.07, 6.45) is 1.06. The van der Waals surface area contributed by atoms with Crippen molar-refractivity contribution in [3.05, 3.63) is 54.1 Å². The topological polar surface area (TPSA) is 9.23 Å². The molecule has 3 rings (SSSR count). The Labute approximate surface area is 149 Å². The fraction of sp³-hybridized carbons (Fsp3) is 0.200. The quantitative estimate of drug-likeness (QED) is 0.639. The second kappa shape index (κ2) is 6.63. The Morgan fingerprint density at radius 1 is 0.864 bits per heavy atom. The molecule has 0 N–H and O–H groups in total. The molecular weight excluding hydrogens is 386 g/mol. The van der Waals surface area contributed by atoms with Crippen molar-refractivity contribution < 1.29 is 4.74 Å². The van der Waals surface area contributed by atoms with Crippen molar-refractivity contribution in [1.82, 2.24) is 0 Å². The van der Waals surface area contributed by atoms with E-state index in [0.717, 1.165) is 12.2 Å². The molecule has 7 heteroatoms. The Morgan fingerprint density at radius 3 is 1.73 bits per heavy atom. The van der Waals surface area contributed by atoms with Crippen LogP contribution in [0.15, 0.2) is 48.5 Å². The lowest BCUT2D eigenvalue weighted by atomic mass is 10.2. The highest BCUT2D eigenvalue weighted by Crippen LogP contribution is 3.04. The molecule has 1 nitrogen and oxygen atoms in total. The van der Waals surface area contributed by atoms with Gasteiger partial charge in [0.05, 0.1) is 16.0 Å². The van der Waals surface area contributed by atoms with Crippen molar-refractivity contribution in [3.63, 3.8) is 0 Å². The molecule has 0 bridgehead atoms. The number of rotatable bonds is 4. The highest BCUT2D eigenvalue weighted by Gasteiger charge is 2.45. The number of hydrogen-bond donors (Lipinski definition) is 0. The van der Waals surface area contributed by atoms with Gasteiger partial charge in [0.1, 0.15) is 5.75 Å². The summed E-state index contributed by atoms with van der Waals surface area (Å²) in [4.78, 5) is 0. The number of ether oxygens (including phenoxy) is 1. The van der Waals surface area contributed by atoms with Crippen molar-refractivity contribution in [3.8, 4) is 5.75 Å². The zero-order chi connectivity index (χ0) is 15.8. The molecule has 0 saturated carbocycles. The summed E-state index contributed by atoms with van der Waals surface area (Å²) in [7, 11) is 1.68. The normalized spacial score (nSPS) is 27.2. The zero-order valence-corrected chi connectivity index (χ0v) is 17.3. The first-order valence-corrected chi connectivity index (χ1v) is 16.5. The molecular formula is C15H16OP2S4. The van der Waals surface area contributed by atoms with E-state index in [4.69, 9.17) is 28.4 Å². The van der Waals surface area contributed by atoms with Crippen LogP contribution in [0, 0.1) is 0 Å². The molecule has 1 saturated heterocycles. The SMILES string of the molecule is CCc1ccc(P2(=S)SP(=S)(c3ccc(OC)cc3)S2)cc1. The minimum Gasteiger partial charge on any atom is -0.497 e. The molecule has 1 fully saturated rings. The smallest absolute Gasteiger partial charge is 0.118 e. The van der Waals surface area contributed by atoms with E-state index in [0.29, 0.717) is 0 Å². The van der Waals surface area contributed by atoms with Gasteiger partial charge in [0.15, 0.2) is 0 Å². The van der Waals surface area contributed by atoms with E-state index in [1.54, 1.807) is 7.11 Å². The summed E-state index contributed by atoms with van der Waals surface area (Å²) in [5.74, 6) is 0.871. The Hall–Kier alpha value is 0.240. The standard InChI is InChI=1S/C15H16OP2S4/c1-3-12-4-8-14(9-5-12)17(19)21-18(20,22-17)15-10-6-13(16-2)7-11-15/h4-11H,3H2,1-2H3. The summed E-state index contributed by atoms with van der Waals surface area (Å²) in [5.41, 5.74) is 1.36. The third-order valence-corrected chi connectivity index (χ3v) is 34.7. The predicted molar refractivity (Wildman–Crippen MR) is 112 cm³/mol. The van der Waals surface area contributed by atoms with Gasteiger partial charge >= 0.3 is 0 Å². The van der Waals surface area contributed by atoms with Crippen LogP contribution < -0.4 is 15.3 Å². The van der Waals surface area contributed by atoms with Gasteiger partial charge in [-0.3, -0.25) is 0 Å². The number of aryl methyl sites for hydroxylation is 1. The van der Waals surface area contributed by atoms with Crippen LogP contribution in [0.5, 0.6) is 5.75 Å². The average molecular weight is 403 g/mol. The molecule has 1 heterocycles. The predicted octanol–water partition coefficient (Wildman–Crippen LogP) is 5.31. The van der Waals surface area contributed by atoms with E-state index in [9.17, 15) is 0 Å². The van der Waals surface area contributed by atoms with Crippen LogP contribution in [0.25, 0.3) is 0 Å². The minimum absolute atomic E-state index is 0.871. The van der Waals surface area contributed by atoms with Gasteiger partial charge in [0, 0.05) is 10.6 Å². The second-order valence-electron chi connectivity index (χ2n) is 4.88. The maximum atomic E-state index is 5.95. The molecule has 2 aromatic carbocycles. The lowest BCUT2D eigenvalue weighted by molar-refractivity contribution is 0.415. The maximum absolute atomic E-state index is 5.95. The van der Waals surface area contributed by atoms with Gasteiger partial charge in [-0.1, -0.05) is 76.8 Å². The van der Waals surface area contributed by atoms with Crippen LogP contribution in [0.4, 0.5) is 0 Å². The van der Waals surface area contributed by atoms with Gasteiger partial charge in [0.2, 0.25) is 0 Å². The van der Waals surface area contributed by atoms with Crippen LogP contribution in [-0.2, 0) is 30.0 Å². The lowest BCUT2D eigenvalue weighted by Crippen LogP contribution is -2.09. The highest BCUT2D eigenvalue weighted by molar-refractivity contribution is 9.48. The van der Waals surface area contributed by atoms with Crippen LogP contribution in [0.3, 0.4) is 0 Å². The van der Waals surface area contributed by atoms with Crippen molar-refractivity contribution >= 4 is 65.1 Å². The third kappa shape index (κ3) is 3.22. The van der Waals surface area contributed by atoms with E-state index >= 15 is 0 Å². The van der Waals surface area contributed by atoms with Crippen LogP contribution in [0.1, 0.15) is 12.5 Å². The van der Waals surface area contributed by atoms with E-state index in [-0.39, 0.29) is 0 Å². The largest absolute Gasteiger partial charge is 0.497 e. The molecule has 0 spiro atoms. The van der Waals surface area contributed by atoms with E-state index < -0.39 is 8.88 Å². The summed E-state index contributed by atoms with van der Waals surface area (Å²) in [6, 6.07) is 17.0. The van der Waals surface area contributed by atoms with Crippen LogP contribution in [0.2, 0.25) is 0 Å². The minimum atomic E-state index is -1.63. The van der Waals surface area contributed by atoms with Crippen molar-refractivity contribution in [1.29, 1.82) is 0 Å². The molecule has 0 amide bonds. The molecule has 2 aromatic rings. The lowest BCUT2D eigenvalue weighted by Gasteiger charge is -2.40. The maximum Gasteiger partial charge on any atom is 0.118 e. The molecule has 0 atom stereocenters. The van der Waals surface area contributed by atoms with Crippen molar-refractivity contribution in [2.45, 2.75) is 13.3 Å². The molecule has 1 aliphatic rings. The summed E-state index contributed by atoms with van der Waals surface area (Å²) < 4.78 is 1.99. The average Bonchev–Trinajstić information content (AvgIpc) is 2.53. The molecule has 0 unspecified atom stereocenters. The summed E-state index contributed by atoms with van der Waals surface area (Å²) in [6.45, 7) is 2.17.